The van der Waals surface area contributed by atoms with Gasteiger partial charge >= 0.3 is 6.03 Å². The lowest BCUT2D eigenvalue weighted by molar-refractivity contribution is 0.262. The highest BCUT2D eigenvalue weighted by Gasteiger charge is 2.12. The number of hydrogen-bond donors (Lipinski definition) is 2. The van der Waals surface area contributed by atoms with Crippen molar-refractivity contribution in [3.63, 3.8) is 0 Å². The number of benzene rings is 2. The molecule has 0 unspecified atom stereocenters. The number of aromatic nitrogens is 2. The van der Waals surface area contributed by atoms with Gasteiger partial charge in [0.15, 0.2) is 5.01 Å². The Balaban J connectivity index is 1.71. The normalized spacial score (nSPS) is 10.3. The maximum absolute atomic E-state index is 11.9. The number of halogens is 2. The number of carbonyl (C=O) groups is 1. The lowest BCUT2D eigenvalue weighted by Crippen LogP contribution is -2.19. The quantitative estimate of drug-likeness (QED) is 0.674. The molecular weight excluding hydrogens is 355 g/mol. The fourth-order valence-corrected chi connectivity index (χ4v) is 3.16. The molecule has 0 aliphatic heterocycles. The molecule has 2 aromatic carbocycles. The van der Waals surface area contributed by atoms with Crippen molar-refractivity contribution in [2.24, 2.45) is 0 Å². The highest BCUT2D eigenvalue weighted by Crippen LogP contribution is 2.33. The molecule has 3 aromatic rings. The number of urea groups is 1. The fourth-order valence-electron chi connectivity index (χ4n) is 1.83. The molecule has 1 aromatic heterocycles. The molecule has 23 heavy (non-hydrogen) atoms. The van der Waals surface area contributed by atoms with E-state index in [0.717, 1.165) is 0 Å². The van der Waals surface area contributed by atoms with Crippen LogP contribution in [-0.2, 0) is 0 Å². The van der Waals surface area contributed by atoms with Crippen LogP contribution < -0.4 is 10.6 Å². The Morgan fingerprint density at radius 3 is 2.52 bits per heavy atom. The molecule has 2 amide bonds. The smallest absolute Gasteiger partial charge is 0.308 e. The Hall–Kier alpha value is -2.15. The van der Waals surface area contributed by atoms with E-state index in [4.69, 9.17) is 23.2 Å². The molecule has 1 heterocycles. The standard InChI is InChI=1S/C15H10Cl2N4OS/c16-9-6-7-11(12(17)8-9)13-20-21-15(23-13)19-14(22)18-10-4-2-1-3-5-10/h1-8H,(H2,18,19,21,22). The van der Waals surface area contributed by atoms with Gasteiger partial charge < -0.3 is 5.32 Å². The summed E-state index contributed by atoms with van der Waals surface area (Å²) in [5, 5.41) is 15.3. The summed E-state index contributed by atoms with van der Waals surface area (Å²) < 4.78 is 0. The van der Waals surface area contributed by atoms with Crippen molar-refractivity contribution in [2.45, 2.75) is 0 Å². The minimum Gasteiger partial charge on any atom is -0.308 e. The summed E-state index contributed by atoms with van der Waals surface area (Å²) in [4.78, 5) is 11.9. The Kier molecular flexibility index (Phi) is 4.76. The van der Waals surface area contributed by atoms with Crippen molar-refractivity contribution in [1.29, 1.82) is 0 Å². The van der Waals surface area contributed by atoms with E-state index < -0.39 is 0 Å². The van der Waals surface area contributed by atoms with Crippen molar-refractivity contribution in [3.8, 4) is 10.6 Å². The maximum Gasteiger partial charge on any atom is 0.325 e. The third-order valence-corrected chi connectivity index (χ3v) is 4.26. The molecule has 3 rings (SSSR count). The van der Waals surface area contributed by atoms with Gasteiger partial charge in [0, 0.05) is 16.3 Å². The van der Waals surface area contributed by atoms with Crippen molar-refractivity contribution in [1.82, 2.24) is 10.2 Å². The Morgan fingerprint density at radius 1 is 1.00 bits per heavy atom. The lowest BCUT2D eigenvalue weighted by Gasteiger charge is -2.04. The third-order valence-electron chi connectivity index (χ3n) is 2.84. The highest BCUT2D eigenvalue weighted by atomic mass is 35.5. The van der Waals surface area contributed by atoms with Gasteiger partial charge in [-0.2, -0.15) is 0 Å². The summed E-state index contributed by atoms with van der Waals surface area (Å²) in [5.74, 6) is 0. The number of amides is 2. The molecule has 8 heteroatoms. The van der Waals surface area contributed by atoms with Gasteiger partial charge in [0.1, 0.15) is 0 Å². The van der Waals surface area contributed by atoms with Crippen LogP contribution in [0.15, 0.2) is 48.5 Å². The van der Waals surface area contributed by atoms with Gasteiger partial charge in [0.25, 0.3) is 0 Å². The van der Waals surface area contributed by atoms with E-state index in [1.807, 2.05) is 18.2 Å². The van der Waals surface area contributed by atoms with E-state index in [9.17, 15) is 4.79 Å². The number of carbonyl (C=O) groups excluding carboxylic acids is 1. The van der Waals surface area contributed by atoms with Gasteiger partial charge in [-0.1, -0.05) is 52.7 Å². The predicted octanol–water partition coefficient (Wildman–Crippen LogP) is 5.16. The molecule has 0 atom stereocenters. The number of rotatable bonds is 3. The SMILES string of the molecule is O=C(Nc1ccccc1)Nc1nnc(-c2ccc(Cl)cc2Cl)s1. The second kappa shape index (κ2) is 6.95. The average molecular weight is 365 g/mol. The molecule has 0 bridgehead atoms. The number of para-hydroxylation sites is 1. The summed E-state index contributed by atoms with van der Waals surface area (Å²) in [6, 6.07) is 13.9. The summed E-state index contributed by atoms with van der Waals surface area (Å²) >= 11 is 13.2. The van der Waals surface area contributed by atoms with Crippen molar-refractivity contribution < 1.29 is 4.79 Å². The zero-order valence-corrected chi connectivity index (χ0v) is 13.9. The summed E-state index contributed by atoms with van der Waals surface area (Å²) in [7, 11) is 0. The topological polar surface area (TPSA) is 66.9 Å². The second-order valence-electron chi connectivity index (χ2n) is 4.48. The average Bonchev–Trinajstić information content (AvgIpc) is 2.96. The Labute approximate surface area is 146 Å². The predicted molar refractivity (Wildman–Crippen MR) is 94.4 cm³/mol. The van der Waals surface area contributed by atoms with Crippen LogP contribution in [0.2, 0.25) is 10.0 Å². The van der Waals surface area contributed by atoms with Crippen LogP contribution in [0.25, 0.3) is 10.6 Å². The molecule has 0 radical (unpaired) electrons. The van der Waals surface area contributed by atoms with Gasteiger partial charge in [-0.3, -0.25) is 5.32 Å². The van der Waals surface area contributed by atoms with Crippen LogP contribution in [0.5, 0.6) is 0 Å². The highest BCUT2D eigenvalue weighted by molar-refractivity contribution is 7.18. The molecule has 0 saturated carbocycles. The first-order valence-electron chi connectivity index (χ1n) is 6.54. The Morgan fingerprint density at radius 2 is 1.78 bits per heavy atom. The van der Waals surface area contributed by atoms with Crippen LogP contribution in [-0.4, -0.2) is 16.2 Å². The van der Waals surface area contributed by atoms with Crippen LogP contribution in [0, 0.1) is 0 Å². The number of hydrogen-bond acceptors (Lipinski definition) is 4. The van der Waals surface area contributed by atoms with Crippen LogP contribution in [0.4, 0.5) is 15.6 Å². The minimum absolute atomic E-state index is 0.374. The minimum atomic E-state index is -0.388. The largest absolute Gasteiger partial charge is 0.325 e. The maximum atomic E-state index is 11.9. The van der Waals surface area contributed by atoms with Gasteiger partial charge in [-0.25, -0.2) is 4.79 Å². The van der Waals surface area contributed by atoms with E-state index in [0.29, 0.717) is 31.4 Å². The molecule has 0 saturated heterocycles. The van der Waals surface area contributed by atoms with E-state index in [1.54, 1.807) is 30.3 Å². The second-order valence-corrected chi connectivity index (χ2v) is 6.30. The number of nitrogens with zero attached hydrogens (tertiary/aromatic N) is 2. The lowest BCUT2D eigenvalue weighted by atomic mass is 10.2. The first-order valence-corrected chi connectivity index (χ1v) is 8.11. The third kappa shape index (κ3) is 3.98. The zero-order valence-electron chi connectivity index (χ0n) is 11.6. The van der Waals surface area contributed by atoms with Crippen LogP contribution in [0.1, 0.15) is 0 Å². The molecule has 0 aliphatic rings. The summed E-state index contributed by atoms with van der Waals surface area (Å²) in [5.41, 5.74) is 1.40. The molecule has 116 valence electrons. The van der Waals surface area contributed by atoms with Crippen LogP contribution in [0.3, 0.4) is 0 Å². The number of nitrogens with one attached hydrogen (secondary N) is 2. The van der Waals surface area contributed by atoms with Gasteiger partial charge in [0.05, 0.1) is 5.02 Å². The fraction of sp³-hybridized carbons (Fsp3) is 0. The van der Waals surface area contributed by atoms with Gasteiger partial charge in [-0.15, -0.1) is 10.2 Å². The van der Waals surface area contributed by atoms with Crippen molar-refractivity contribution in [3.05, 3.63) is 58.6 Å². The van der Waals surface area contributed by atoms with E-state index in [1.165, 1.54) is 11.3 Å². The first-order chi connectivity index (χ1) is 11.1. The summed E-state index contributed by atoms with van der Waals surface area (Å²) in [6.07, 6.45) is 0. The van der Waals surface area contributed by atoms with E-state index >= 15 is 0 Å². The van der Waals surface area contributed by atoms with Crippen molar-refractivity contribution in [2.75, 3.05) is 10.6 Å². The molecule has 5 nitrogen and oxygen atoms in total. The van der Waals surface area contributed by atoms with Gasteiger partial charge in [0.2, 0.25) is 5.13 Å². The zero-order chi connectivity index (χ0) is 16.2. The van der Waals surface area contributed by atoms with Crippen molar-refractivity contribution >= 4 is 51.4 Å². The Bertz CT molecular complexity index is 839. The van der Waals surface area contributed by atoms with Crippen LogP contribution >= 0.6 is 34.5 Å². The van der Waals surface area contributed by atoms with E-state index in [-0.39, 0.29) is 6.03 Å². The summed E-state index contributed by atoms with van der Waals surface area (Å²) in [6.45, 7) is 0. The molecule has 0 fully saturated rings. The first kappa shape index (κ1) is 15.7. The molecular formula is C15H10Cl2N4OS. The number of anilines is 2. The monoisotopic (exact) mass is 364 g/mol. The van der Waals surface area contributed by atoms with Gasteiger partial charge in [-0.05, 0) is 30.3 Å². The van der Waals surface area contributed by atoms with E-state index in [2.05, 4.69) is 20.8 Å². The molecule has 2 N–H and O–H groups in total. The molecule has 0 aliphatic carbocycles. The molecule has 0 spiro atoms.